The van der Waals surface area contributed by atoms with Gasteiger partial charge in [-0.25, -0.2) is 4.99 Å². The van der Waals surface area contributed by atoms with Crippen molar-refractivity contribution in [3.05, 3.63) is 42.0 Å². The molecule has 0 spiro atoms. The van der Waals surface area contributed by atoms with Crippen LogP contribution in [-0.2, 0) is 13.6 Å². The normalized spacial score (nSPS) is 11.4. The third-order valence-corrected chi connectivity index (χ3v) is 5.22. The van der Waals surface area contributed by atoms with Gasteiger partial charge in [0, 0.05) is 39.4 Å². The Morgan fingerprint density at radius 2 is 1.74 bits per heavy atom. The van der Waals surface area contributed by atoms with Crippen LogP contribution in [0.25, 0.3) is 0 Å². The van der Waals surface area contributed by atoms with Crippen LogP contribution in [0.4, 0.5) is 5.69 Å². The summed E-state index contributed by atoms with van der Waals surface area (Å²) in [5, 5.41) is 15.3. The first kappa shape index (κ1) is 27.2. The van der Waals surface area contributed by atoms with Crippen molar-refractivity contribution in [2.75, 3.05) is 31.6 Å². The first-order valence-corrected chi connectivity index (χ1v) is 11.1. The number of guanidine groups is 1. The molecule has 0 aliphatic rings. The number of anilines is 1. The van der Waals surface area contributed by atoms with Crippen LogP contribution >= 0.6 is 24.0 Å². The van der Waals surface area contributed by atoms with Crippen LogP contribution in [-0.4, -0.2) is 47.4 Å². The maximum Gasteiger partial charge on any atom is 0.191 e. The molecule has 0 aliphatic heterocycles. The summed E-state index contributed by atoms with van der Waals surface area (Å²) in [5.41, 5.74) is 1.24. The van der Waals surface area contributed by atoms with Gasteiger partial charge in [0.05, 0.1) is 0 Å². The Morgan fingerprint density at radius 3 is 2.35 bits per heavy atom. The van der Waals surface area contributed by atoms with Gasteiger partial charge in [0.1, 0.15) is 12.4 Å². The first-order chi connectivity index (χ1) is 14.5. The van der Waals surface area contributed by atoms with E-state index in [1.54, 1.807) is 0 Å². The van der Waals surface area contributed by atoms with E-state index >= 15 is 0 Å². The van der Waals surface area contributed by atoms with Crippen molar-refractivity contribution in [3.63, 3.8) is 0 Å². The molecule has 2 aromatic rings. The van der Waals surface area contributed by atoms with Crippen LogP contribution in [0, 0.1) is 12.8 Å². The molecular weight excluding hydrogens is 501 g/mol. The topological polar surface area (TPSA) is 70.4 Å². The number of nitrogens with zero attached hydrogens (tertiary/aromatic N) is 5. The third-order valence-electron chi connectivity index (χ3n) is 5.22. The molecule has 0 amide bonds. The molecule has 0 aliphatic carbocycles. The van der Waals surface area contributed by atoms with E-state index in [1.807, 2.05) is 24.6 Å². The van der Waals surface area contributed by atoms with Crippen LogP contribution in [0.3, 0.4) is 0 Å². The van der Waals surface area contributed by atoms with Gasteiger partial charge in [0.2, 0.25) is 0 Å². The highest BCUT2D eigenvalue weighted by Crippen LogP contribution is 2.10. The Bertz CT molecular complexity index is 759. The van der Waals surface area contributed by atoms with Crippen LogP contribution in [0.5, 0.6) is 0 Å². The lowest BCUT2D eigenvalue weighted by molar-refractivity contribution is 0.534. The van der Waals surface area contributed by atoms with E-state index in [0.717, 1.165) is 56.0 Å². The lowest BCUT2D eigenvalue weighted by atomic mass is 10.1. The maximum atomic E-state index is 4.73. The minimum Gasteiger partial charge on any atom is -0.375 e. The fraction of sp³-hybridized carbons (Fsp3) is 0.609. The fourth-order valence-electron chi connectivity index (χ4n) is 3.13. The second-order valence-electron chi connectivity index (χ2n) is 8.24. The van der Waals surface area contributed by atoms with Crippen molar-refractivity contribution in [2.24, 2.45) is 18.0 Å². The number of unbranched alkanes of at least 4 members (excludes halogenated alkanes) is 1. The molecule has 0 radical (unpaired) electrons. The van der Waals surface area contributed by atoms with Gasteiger partial charge in [-0.05, 0) is 37.8 Å². The molecule has 7 nitrogen and oxygen atoms in total. The third kappa shape index (κ3) is 10.3. The number of hydrogen-bond acceptors (Lipinski definition) is 4. The zero-order valence-corrected chi connectivity index (χ0v) is 22.1. The molecule has 0 bridgehead atoms. The lowest BCUT2D eigenvalue weighted by Gasteiger charge is -2.19. The first-order valence-electron chi connectivity index (χ1n) is 11.1. The zero-order chi connectivity index (χ0) is 21.8. The average Bonchev–Trinajstić information content (AvgIpc) is 3.06. The van der Waals surface area contributed by atoms with Crippen LogP contribution in [0.2, 0.25) is 0 Å². The van der Waals surface area contributed by atoms with E-state index in [9.17, 15) is 0 Å². The predicted molar refractivity (Wildman–Crippen MR) is 141 cm³/mol. The van der Waals surface area contributed by atoms with Crippen molar-refractivity contribution < 1.29 is 0 Å². The van der Waals surface area contributed by atoms with Gasteiger partial charge >= 0.3 is 0 Å². The summed E-state index contributed by atoms with van der Waals surface area (Å²) >= 11 is 0. The number of rotatable bonds is 12. The Balaban J connectivity index is 0.00000480. The Hall–Kier alpha value is -1.84. The van der Waals surface area contributed by atoms with Crippen molar-refractivity contribution in [2.45, 2.75) is 53.0 Å². The minimum absolute atomic E-state index is 0. The van der Waals surface area contributed by atoms with Crippen molar-refractivity contribution >= 4 is 35.6 Å². The van der Waals surface area contributed by atoms with Crippen LogP contribution in [0.1, 0.15) is 51.2 Å². The summed E-state index contributed by atoms with van der Waals surface area (Å²) in [5.74, 6) is 3.39. The Morgan fingerprint density at radius 1 is 1.06 bits per heavy atom. The molecule has 2 rings (SSSR count). The monoisotopic (exact) mass is 541 g/mol. The van der Waals surface area contributed by atoms with Gasteiger partial charge in [0.15, 0.2) is 11.8 Å². The zero-order valence-electron chi connectivity index (χ0n) is 19.8. The molecule has 0 unspecified atom stereocenters. The largest absolute Gasteiger partial charge is 0.375 e. The summed E-state index contributed by atoms with van der Waals surface area (Å²) in [6, 6.07) is 10.5. The fourth-order valence-corrected chi connectivity index (χ4v) is 3.13. The van der Waals surface area contributed by atoms with Gasteiger partial charge in [-0.2, -0.15) is 0 Å². The van der Waals surface area contributed by atoms with E-state index in [2.05, 4.69) is 70.9 Å². The molecule has 0 fully saturated rings. The SMILES string of the molecule is Cc1nnc(CN=C(NCCCCC(C)C)NCCCN(C)c2ccccc2)n1C.I. The van der Waals surface area contributed by atoms with E-state index in [-0.39, 0.29) is 24.0 Å². The number of halogens is 1. The molecule has 0 atom stereocenters. The van der Waals surface area contributed by atoms with Gasteiger partial charge in [-0.3, -0.25) is 0 Å². The number of benzene rings is 1. The molecule has 8 heteroatoms. The van der Waals surface area contributed by atoms with Crippen LogP contribution in [0.15, 0.2) is 35.3 Å². The molecular formula is C23H40IN7. The van der Waals surface area contributed by atoms with E-state index in [1.165, 1.54) is 18.5 Å². The highest BCUT2D eigenvalue weighted by molar-refractivity contribution is 14.0. The number of para-hydroxylation sites is 1. The molecule has 0 saturated carbocycles. The minimum atomic E-state index is 0. The van der Waals surface area contributed by atoms with Gasteiger partial charge in [-0.1, -0.05) is 44.9 Å². The highest BCUT2D eigenvalue weighted by Gasteiger charge is 2.06. The number of hydrogen-bond donors (Lipinski definition) is 2. The van der Waals surface area contributed by atoms with E-state index in [4.69, 9.17) is 4.99 Å². The van der Waals surface area contributed by atoms with Gasteiger partial charge in [-0.15, -0.1) is 34.2 Å². The predicted octanol–water partition coefficient (Wildman–Crippen LogP) is 4.13. The van der Waals surface area contributed by atoms with Gasteiger partial charge in [0.25, 0.3) is 0 Å². The van der Waals surface area contributed by atoms with E-state index in [0.29, 0.717) is 6.54 Å². The van der Waals surface area contributed by atoms with Crippen LogP contribution < -0.4 is 15.5 Å². The molecule has 2 N–H and O–H groups in total. The highest BCUT2D eigenvalue weighted by atomic mass is 127. The number of aliphatic imine (C=N–C) groups is 1. The molecule has 0 saturated heterocycles. The Kier molecular flexibility index (Phi) is 13.2. The van der Waals surface area contributed by atoms with Crippen molar-refractivity contribution in [1.82, 2.24) is 25.4 Å². The summed E-state index contributed by atoms with van der Waals surface area (Å²) in [6.07, 6.45) is 4.69. The maximum absolute atomic E-state index is 4.73. The molecule has 1 aromatic carbocycles. The smallest absolute Gasteiger partial charge is 0.191 e. The molecule has 1 heterocycles. The van der Waals surface area contributed by atoms with Gasteiger partial charge < -0.3 is 20.1 Å². The summed E-state index contributed by atoms with van der Waals surface area (Å²) < 4.78 is 1.98. The van der Waals surface area contributed by atoms with E-state index < -0.39 is 0 Å². The molecule has 174 valence electrons. The number of nitrogens with one attached hydrogen (secondary N) is 2. The second-order valence-corrected chi connectivity index (χ2v) is 8.24. The molecule has 31 heavy (non-hydrogen) atoms. The summed E-state index contributed by atoms with van der Waals surface area (Å²) in [6.45, 7) is 9.81. The second kappa shape index (κ2) is 15.0. The molecule has 1 aromatic heterocycles. The number of aromatic nitrogens is 3. The Labute approximate surface area is 205 Å². The lowest BCUT2D eigenvalue weighted by Crippen LogP contribution is -2.39. The standard InChI is InChI=1S/C23H39N7.HI/c1-19(2)12-9-10-15-24-23(26-18-22-28-27-20(3)30(22)5)25-16-11-17-29(4)21-13-7-6-8-14-21;/h6-8,13-14,19H,9-12,15-18H2,1-5H3,(H2,24,25,26);1H. The summed E-state index contributed by atoms with van der Waals surface area (Å²) in [4.78, 5) is 7.01. The average molecular weight is 542 g/mol. The number of aryl methyl sites for hydroxylation is 1. The summed E-state index contributed by atoms with van der Waals surface area (Å²) in [7, 11) is 4.11. The van der Waals surface area contributed by atoms with Crippen molar-refractivity contribution in [3.8, 4) is 0 Å². The quantitative estimate of drug-likeness (QED) is 0.183. The van der Waals surface area contributed by atoms with Crippen molar-refractivity contribution in [1.29, 1.82) is 0 Å².